The van der Waals surface area contributed by atoms with Gasteiger partial charge in [-0.3, -0.25) is 0 Å². The van der Waals surface area contributed by atoms with Crippen molar-refractivity contribution in [3.8, 4) is 0 Å². The zero-order valence-electron chi connectivity index (χ0n) is 9.56. The van der Waals surface area contributed by atoms with Crippen molar-refractivity contribution >= 4 is 0 Å². The minimum atomic E-state index is -0.326. The molecule has 1 N–H and O–H groups in total. The summed E-state index contributed by atoms with van der Waals surface area (Å²) in [6, 6.07) is 0. The molecule has 0 aromatic carbocycles. The maximum Gasteiger partial charge on any atom is 0.0833 e. The first kappa shape index (κ1) is 12.5. The molecule has 0 heterocycles. The number of methoxy groups -OCH3 is 1. The maximum atomic E-state index is 9.87. The number of hydrogen-bond donors (Lipinski definition) is 1. The number of aliphatic hydroxyl groups excluding tert-OH is 1. The molecule has 1 rings (SSSR count). The average Bonchev–Trinajstić information content (AvgIpc) is 2.23. The molecule has 0 amide bonds. The van der Waals surface area contributed by atoms with E-state index >= 15 is 0 Å². The second kappa shape index (κ2) is 7.66. The second-order valence-electron chi connectivity index (χ2n) is 4.02. The molecular formula is C13H22O2. The lowest BCUT2D eigenvalue weighted by Crippen LogP contribution is -2.27. The van der Waals surface area contributed by atoms with Crippen molar-refractivity contribution in [3.05, 3.63) is 24.3 Å². The number of rotatable bonds is 1. The third-order valence-corrected chi connectivity index (χ3v) is 2.81. The van der Waals surface area contributed by atoms with Crippen LogP contribution in [0.1, 0.15) is 38.5 Å². The second-order valence-corrected chi connectivity index (χ2v) is 4.02. The van der Waals surface area contributed by atoms with Gasteiger partial charge in [-0.1, -0.05) is 24.3 Å². The molecule has 2 unspecified atom stereocenters. The van der Waals surface area contributed by atoms with Crippen LogP contribution in [0.2, 0.25) is 0 Å². The lowest BCUT2D eigenvalue weighted by molar-refractivity contribution is -0.0187. The van der Waals surface area contributed by atoms with Gasteiger partial charge in [-0.2, -0.15) is 0 Å². The Morgan fingerprint density at radius 1 is 0.933 bits per heavy atom. The van der Waals surface area contributed by atoms with Gasteiger partial charge >= 0.3 is 0 Å². The van der Waals surface area contributed by atoms with E-state index in [1.807, 2.05) is 0 Å². The van der Waals surface area contributed by atoms with E-state index in [1.165, 1.54) is 0 Å². The predicted octanol–water partition coefficient (Wildman–Crippen LogP) is 2.83. The number of hydrogen-bond acceptors (Lipinski definition) is 2. The molecule has 0 aliphatic heterocycles. The summed E-state index contributed by atoms with van der Waals surface area (Å²) in [6.07, 6.45) is 14.3. The van der Waals surface area contributed by atoms with Gasteiger partial charge < -0.3 is 9.84 Å². The summed E-state index contributed by atoms with van der Waals surface area (Å²) < 4.78 is 5.30. The van der Waals surface area contributed by atoms with Crippen LogP contribution in [0.3, 0.4) is 0 Å². The maximum absolute atomic E-state index is 9.87. The van der Waals surface area contributed by atoms with Crippen LogP contribution in [-0.4, -0.2) is 24.4 Å². The molecule has 1 aliphatic carbocycles. The van der Waals surface area contributed by atoms with Gasteiger partial charge in [0.05, 0.1) is 12.2 Å². The zero-order valence-corrected chi connectivity index (χ0v) is 9.56. The number of aliphatic hydroxyl groups is 1. The molecule has 86 valence electrons. The van der Waals surface area contributed by atoms with E-state index in [-0.39, 0.29) is 12.2 Å². The highest BCUT2D eigenvalue weighted by Gasteiger charge is 2.16. The molecule has 2 atom stereocenters. The zero-order chi connectivity index (χ0) is 10.9. The Labute approximate surface area is 92.6 Å². The summed E-state index contributed by atoms with van der Waals surface area (Å²) in [6.45, 7) is 0. The molecule has 0 fully saturated rings. The smallest absolute Gasteiger partial charge is 0.0833 e. The largest absolute Gasteiger partial charge is 0.390 e. The third kappa shape index (κ3) is 5.14. The molecule has 1 aliphatic rings. The summed E-state index contributed by atoms with van der Waals surface area (Å²) in [5.74, 6) is 0. The predicted molar refractivity (Wildman–Crippen MR) is 62.8 cm³/mol. The van der Waals surface area contributed by atoms with E-state index in [0.29, 0.717) is 0 Å². The van der Waals surface area contributed by atoms with Crippen molar-refractivity contribution in [3.63, 3.8) is 0 Å². The first-order valence-corrected chi connectivity index (χ1v) is 5.85. The van der Waals surface area contributed by atoms with Crippen LogP contribution < -0.4 is 0 Å². The third-order valence-electron chi connectivity index (χ3n) is 2.81. The first-order chi connectivity index (χ1) is 7.34. The standard InChI is InChI=1S/C13H22O2/c1-15-13-11-9-7-5-3-2-4-6-8-10-12(13)14/h4-7,12-14H,2-3,8-11H2,1H3/b6-4-,7-5-. The van der Waals surface area contributed by atoms with E-state index in [2.05, 4.69) is 24.3 Å². The van der Waals surface area contributed by atoms with Crippen molar-refractivity contribution in [1.29, 1.82) is 0 Å². The van der Waals surface area contributed by atoms with Crippen molar-refractivity contribution in [1.82, 2.24) is 0 Å². The van der Waals surface area contributed by atoms with Gasteiger partial charge in [-0.15, -0.1) is 0 Å². The summed E-state index contributed by atoms with van der Waals surface area (Å²) >= 11 is 0. The lowest BCUT2D eigenvalue weighted by atomic mass is 10.0. The molecule has 2 heteroatoms. The molecular weight excluding hydrogens is 188 g/mol. The van der Waals surface area contributed by atoms with Crippen molar-refractivity contribution in [2.45, 2.75) is 50.7 Å². The molecule has 0 saturated carbocycles. The Morgan fingerprint density at radius 3 is 2.07 bits per heavy atom. The lowest BCUT2D eigenvalue weighted by Gasteiger charge is -2.20. The van der Waals surface area contributed by atoms with Crippen LogP contribution in [0, 0.1) is 0 Å². The Morgan fingerprint density at radius 2 is 1.47 bits per heavy atom. The Hall–Kier alpha value is -0.600. The number of allylic oxidation sites excluding steroid dienone is 4. The van der Waals surface area contributed by atoms with E-state index in [4.69, 9.17) is 4.74 Å². The van der Waals surface area contributed by atoms with Gasteiger partial charge in [0.2, 0.25) is 0 Å². The van der Waals surface area contributed by atoms with E-state index in [0.717, 1.165) is 38.5 Å². The summed E-state index contributed by atoms with van der Waals surface area (Å²) in [4.78, 5) is 0. The molecule has 0 radical (unpaired) electrons. The van der Waals surface area contributed by atoms with Gasteiger partial charge in [0.15, 0.2) is 0 Å². The Balaban J connectivity index is 2.46. The van der Waals surface area contributed by atoms with Gasteiger partial charge in [-0.25, -0.2) is 0 Å². The first-order valence-electron chi connectivity index (χ1n) is 5.85. The molecule has 0 bridgehead atoms. The summed E-state index contributed by atoms with van der Waals surface area (Å²) in [5.41, 5.74) is 0. The van der Waals surface area contributed by atoms with Crippen LogP contribution in [0.5, 0.6) is 0 Å². The molecule has 15 heavy (non-hydrogen) atoms. The Kier molecular flexibility index (Phi) is 6.37. The van der Waals surface area contributed by atoms with Gasteiger partial charge in [0.1, 0.15) is 0 Å². The molecule has 0 saturated heterocycles. The topological polar surface area (TPSA) is 29.5 Å². The highest BCUT2D eigenvalue weighted by Crippen LogP contribution is 2.13. The van der Waals surface area contributed by atoms with Gasteiger partial charge in [0.25, 0.3) is 0 Å². The van der Waals surface area contributed by atoms with Crippen LogP contribution in [-0.2, 0) is 4.74 Å². The highest BCUT2D eigenvalue weighted by molar-refractivity contribution is 4.90. The van der Waals surface area contributed by atoms with Gasteiger partial charge in [0, 0.05) is 7.11 Å². The minimum Gasteiger partial charge on any atom is -0.390 e. The molecule has 2 nitrogen and oxygen atoms in total. The highest BCUT2D eigenvalue weighted by atomic mass is 16.5. The van der Waals surface area contributed by atoms with Crippen molar-refractivity contribution < 1.29 is 9.84 Å². The van der Waals surface area contributed by atoms with Gasteiger partial charge in [-0.05, 0) is 38.5 Å². The van der Waals surface area contributed by atoms with E-state index < -0.39 is 0 Å². The quantitative estimate of drug-likeness (QED) is 0.674. The molecule has 0 spiro atoms. The van der Waals surface area contributed by atoms with Crippen LogP contribution >= 0.6 is 0 Å². The van der Waals surface area contributed by atoms with Crippen LogP contribution in [0.15, 0.2) is 24.3 Å². The normalized spacial score (nSPS) is 33.7. The fraction of sp³-hybridized carbons (Fsp3) is 0.692. The number of ether oxygens (including phenoxy) is 1. The fourth-order valence-corrected chi connectivity index (χ4v) is 1.84. The van der Waals surface area contributed by atoms with E-state index in [9.17, 15) is 5.11 Å². The summed E-state index contributed by atoms with van der Waals surface area (Å²) in [5, 5.41) is 9.87. The van der Waals surface area contributed by atoms with Crippen molar-refractivity contribution in [2.24, 2.45) is 0 Å². The monoisotopic (exact) mass is 210 g/mol. The van der Waals surface area contributed by atoms with Crippen molar-refractivity contribution in [2.75, 3.05) is 7.11 Å². The molecule has 0 aromatic rings. The Bertz CT molecular complexity index is 209. The van der Waals surface area contributed by atoms with E-state index in [1.54, 1.807) is 7.11 Å². The molecule has 0 aromatic heterocycles. The van der Waals surface area contributed by atoms with Crippen LogP contribution in [0.4, 0.5) is 0 Å². The SMILES string of the molecule is COC1CC/C=C\CC/C=C\CCC1O. The average molecular weight is 210 g/mol. The minimum absolute atomic E-state index is 0.0116. The van der Waals surface area contributed by atoms with Crippen LogP contribution in [0.25, 0.3) is 0 Å². The fourth-order valence-electron chi connectivity index (χ4n) is 1.84. The summed E-state index contributed by atoms with van der Waals surface area (Å²) in [7, 11) is 1.68.